The molecular weight excluding hydrogens is 218 g/mol. The maximum Gasteiger partial charge on any atom is 0.407 e. The van der Waals surface area contributed by atoms with Crippen LogP contribution < -0.4 is 5.32 Å². The van der Waals surface area contributed by atoms with Crippen molar-refractivity contribution < 1.29 is 14.3 Å². The number of nitrogens with one attached hydrogen (secondary N) is 1. The van der Waals surface area contributed by atoms with Crippen molar-refractivity contribution in [3.8, 4) is 0 Å². The summed E-state index contributed by atoms with van der Waals surface area (Å²) in [5, 5.41) is 2.82. The summed E-state index contributed by atoms with van der Waals surface area (Å²) in [4.78, 5) is 22.8. The lowest BCUT2D eigenvalue weighted by atomic mass is 9.73. The van der Waals surface area contributed by atoms with E-state index in [2.05, 4.69) is 5.32 Å². The Bertz CT molecular complexity index is 296. The van der Waals surface area contributed by atoms with Crippen LogP contribution in [0, 0.1) is 5.41 Å². The highest BCUT2D eigenvalue weighted by molar-refractivity contribution is 5.70. The fraction of sp³-hybridized carbons (Fsp3) is 0.846. The first-order valence-corrected chi connectivity index (χ1v) is 6.23. The molecule has 4 nitrogen and oxygen atoms in total. The van der Waals surface area contributed by atoms with Crippen LogP contribution in [0.3, 0.4) is 0 Å². The number of hydrogen-bond acceptors (Lipinski definition) is 3. The van der Waals surface area contributed by atoms with E-state index in [0.717, 1.165) is 32.0 Å². The van der Waals surface area contributed by atoms with Crippen LogP contribution >= 0.6 is 0 Å². The zero-order valence-electron chi connectivity index (χ0n) is 11.2. The quantitative estimate of drug-likeness (QED) is 0.756. The van der Waals surface area contributed by atoms with Crippen molar-refractivity contribution in [3.05, 3.63) is 0 Å². The van der Waals surface area contributed by atoms with E-state index in [9.17, 15) is 9.59 Å². The van der Waals surface area contributed by atoms with Crippen LogP contribution in [0.4, 0.5) is 4.79 Å². The van der Waals surface area contributed by atoms with E-state index in [4.69, 9.17) is 4.74 Å². The van der Waals surface area contributed by atoms with Crippen LogP contribution in [0.2, 0.25) is 0 Å². The van der Waals surface area contributed by atoms with Crippen molar-refractivity contribution >= 4 is 12.4 Å². The van der Waals surface area contributed by atoms with E-state index in [0.29, 0.717) is 0 Å². The van der Waals surface area contributed by atoms with Crippen LogP contribution in [0.15, 0.2) is 0 Å². The number of carbonyl (C=O) groups excluding carboxylic acids is 2. The van der Waals surface area contributed by atoms with Gasteiger partial charge in [-0.15, -0.1) is 0 Å². The first-order chi connectivity index (χ1) is 7.77. The molecule has 1 aliphatic carbocycles. The third kappa shape index (κ3) is 4.02. The summed E-state index contributed by atoms with van der Waals surface area (Å²) in [5.74, 6) is 0. The minimum absolute atomic E-state index is 0.108. The van der Waals surface area contributed by atoms with Gasteiger partial charge in [0.1, 0.15) is 11.9 Å². The molecule has 0 aromatic carbocycles. The van der Waals surface area contributed by atoms with Crippen LogP contribution in [0.1, 0.15) is 53.4 Å². The minimum Gasteiger partial charge on any atom is -0.444 e. The number of hydrogen-bond donors (Lipinski definition) is 1. The first-order valence-electron chi connectivity index (χ1n) is 6.23. The summed E-state index contributed by atoms with van der Waals surface area (Å²) in [7, 11) is 0. The molecule has 1 rings (SSSR count). The lowest BCUT2D eigenvalue weighted by Crippen LogP contribution is -2.50. The molecule has 2 atom stereocenters. The lowest BCUT2D eigenvalue weighted by molar-refractivity contribution is -0.118. The van der Waals surface area contributed by atoms with E-state index < -0.39 is 17.1 Å². The van der Waals surface area contributed by atoms with Gasteiger partial charge in [0.05, 0.1) is 0 Å². The Labute approximate surface area is 103 Å². The van der Waals surface area contributed by atoms with Crippen molar-refractivity contribution in [2.45, 2.75) is 65.0 Å². The second kappa shape index (κ2) is 5.07. The molecule has 0 heterocycles. The largest absolute Gasteiger partial charge is 0.444 e. The first kappa shape index (κ1) is 14.0. The highest BCUT2D eigenvalue weighted by atomic mass is 16.6. The Balaban J connectivity index is 2.60. The number of amides is 1. The van der Waals surface area contributed by atoms with E-state index >= 15 is 0 Å². The molecule has 0 aromatic rings. The lowest BCUT2D eigenvalue weighted by Gasteiger charge is -2.37. The third-order valence-corrected chi connectivity index (χ3v) is 3.21. The average molecular weight is 241 g/mol. The molecule has 1 fully saturated rings. The van der Waals surface area contributed by atoms with Gasteiger partial charge in [-0.2, -0.15) is 0 Å². The standard InChI is InChI=1S/C13H23NO3/c1-12(2,3)17-11(16)14-10-7-5-6-8-13(10,4)9-15/h9-10H,5-8H2,1-4H3,(H,14,16)/t10-,13+/m0/s1. The Kier molecular flexibility index (Phi) is 4.17. The summed E-state index contributed by atoms with van der Waals surface area (Å²) < 4.78 is 5.21. The molecule has 0 saturated heterocycles. The fourth-order valence-corrected chi connectivity index (χ4v) is 2.19. The smallest absolute Gasteiger partial charge is 0.407 e. The number of alkyl carbamates (subject to hydrolysis) is 1. The van der Waals surface area contributed by atoms with Gasteiger partial charge in [0.15, 0.2) is 0 Å². The van der Waals surface area contributed by atoms with Gasteiger partial charge in [0.2, 0.25) is 0 Å². The molecule has 1 saturated carbocycles. The maximum atomic E-state index is 11.7. The van der Waals surface area contributed by atoms with Gasteiger partial charge in [-0.25, -0.2) is 4.79 Å². The Morgan fingerprint density at radius 3 is 2.59 bits per heavy atom. The highest BCUT2D eigenvalue weighted by Gasteiger charge is 2.38. The predicted octanol–water partition coefficient (Wildman–Crippen LogP) is 2.66. The molecule has 1 aliphatic rings. The van der Waals surface area contributed by atoms with Crippen molar-refractivity contribution in [1.82, 2.24) is 5.32 Å². The van der Waals surface area contributed by atoms with Gasteiger partial charge in [0, 0.05) is 11.5 Å². The Morgan fingerprint density at radius 2 is 2.06 bits per heavy atom. The SMILES string of the molecule is CC(C)(C)OC(=O)N[C@H]1CCCC[C@]1(C)C=O. The maximum absolute atomic E-state index is 11.7. The average Bonchev–Trinajstić information content (AvgIpc) is 2.19. The van der Waals surface area contributed by atoms with Crippen LogP contribution in [-0.4, -0.2) is 24.0 Å². The van der Waals surface area contributed by atoms with E-state index in [-0.39, 0.29) is 6.04 Å². The molecule has 0 radical (unpaired) electrons. The van der Waals surface area contributed by atoms with E-state index in [1.54, 1.807) is 0 Å². The van der Waals surface area contributed by atoms with Gasteiger partial charge in [0.25, 0.3) is 0 Å². The van der Waals surface area contributed by atoms with Crippen LogP contribution in [0.25, 0.3) is 0 Å². The van der Waals surface area contributed by atoms with Crippen molar-refractivity contribution in [3.63, 3.8) is 0 Å². The zero-order chi connectivity index (χ0) is 13.1. The molecule has 0 aromatic heterocycles. The monoisotopic (exact) mass is 241 g/mol. The van der Waals surface area contributed by atoms with Crippen molar-refractivity contribution in [1.29, 1.82) is 0 Å². The molecular formula is C13H23NO3. The summed E-state index contributed by atoms with van der Waals surface area (Å²) in [6, 6.07) is -0.108. The summed E-state index contributed by atoms with van der Waals surface area (Å²) in [6.45, 7) is 7.38. The highest BCUT2D eigenvalue weighted by Crippen LogP contribution is 2.34. The molecule has 0 spiro atoms. The second-order valence-electron chi connectivity index (χ2n) is 6.07. The molecule has 4 heteroatoms. The van der Waals surface area contributed by atoms with E-state index in [1.807, 2.05) is 27.7 Å². The number of aldehydes is 1. The topological polar surface area (TPSA) is 55.4 Å². The number of rotatable bonds is 2. The number of carbonyl (C=O) groups is 2. The van der Waals surface area contributed by atoms with Crippen LogP contribution in [0.5, 0.6) is 0 Å². The third-order valence-electron chi connectivity index (χ3n) is 3.21. The summed E-state index contributed by atoms with van der Waals surface area (Å²) in [5.41, 5.74) is -0.953. The van der Waals surface area contributed by atoms with Gasteiger partial charge in [-0.3, -0.25) is 0 Å². The molecule has 0 aliphatic heterocycles. The summed E-state index contributed by atoms with van der Waals surface area (Å²) in [6.07, 6.45) is 4.29. The Morgan fingerprint density at radius 1 is 1.41 bits per heavy atom. The van der Waals surface area contributed by atoms with Gasteiger partial charge in [-0.05, 0) is 33.6 Å². The van der Waals surface area contributed by atoms with Crippen LogP contribution in [-0.2, 0) is 9.53 Å². The van der Waals surface area contributed by atoms with Crippen molar-refractivity contribution in [2.24, 2.45) is 5.41 Å². The van der Waals surface area contributed by atoms with Gasteiger partial charge >= 0.3 is 6.09 Å². The minimum atomic E-state index is -0.504. The molecule has 0 bridgehead atoms. The predicted molar refractivity (Wildman–Crippen MR) is 65.8 cm³/mol. The molecule has 17 heavy (non-hydrogen) atoms. The second-order valence-corrected chi connectivity index (χ2v) is 6.07. The fourth-order valence-electron chi connectivity index (χ4n) is 2.19. The molecule has 98 valence electrons. The van der Waals surface area contributed by atoms with Gasteiger partial charge in [-0.1, -0.05) is 19.8 Å². The van der Waals surface area contributed by atoms with E-state index in [1.165, 1.54) is 0 Å². The zero-order valence-corrected chi connectivity index (χ0v) is 11.2. The molecule has 0 unspecified atom stereocenters. The summed E-state index contributed by atoms with van der Waals surface area (Å²) >= 11 is 0. The normalized spacial score (nSPS) is 29.5. The molecule has 1 amide bonds. The van der Waals surface area contributed by atoms with Crippen molar-refractivity contribution in [2.75, 3.05) is 0 Å². The van der Waals surface area contributed by atoms with Gasteiger partial charge < -0.3 is 14.8 Å². The Hall–Kier alpha value is -1.06. The number of ether oxygens (including phenoxy) is 1. The molecule has 1 N–H and O–H groups in total.